The van der Waals surface area contributed by atoms with Crippen LogP contribution in [0, 0.1) is 11.2 Å². The minimum atomic E-state index is -4.66. The van der Waals surface area contributed by atoms with Gasteiger partial charge in [-0.25, -0.2) is 4.39 Å². The molecule has 0 aliphatic carbocycles. The highest BCUT2D eigenvalue weighted by atomic mass is 35.5. The van der Waals surface area contributed by atoms with Gasteiger partial charge in [0.05, 0.1) is 10.6 Å². The van der Waals surface area contributed by atoms with E-state index in [0.717, 1.165) is 12.1 Å². The lowest BCUT2D eigenvalue weighted by Crippen LogP contribution is -2.30. The lowest BCUT2D eigenvalue weighted by atomic mass is 9.81. The van der Waals surface area contributed by atoms with E-state index >= 15 is 0 Å². The van der Waals surface area contributed by atoms with Crippen molar-refractivity contribution in [2.75, 3.05) is 0 Å². The maximum Gasteiger partial charge on any atom is 0.416 e. The van der Waals surface area contributed by atoms with E-state index in [1.807, 2.05) is 0 Å². The van der Waals surface area contributed by atoms with Gasteiger partial charge in [0.1, 0.15) is 5.82 Å². The molecule has 1 atom stereocenters. The molecule has 0 aliphatic rings. The molecule has 0 bridgehead atoms. The van der Waals surface area contributed by atoms with Crippen molar-refractivity contribution in [2.45, 2.75) is 33.0 Å². The molecule has 1 aromatic carbocycles. The standard InChI is InChI=1S/C12H14ClF4N/c1-11(2,3)10(18)8-6(12(15,16)17)4-5-7(13)9(8)14/h4-5,10H,18H2,1-3H3/t10-/m0/s1. The van der Waals surface area contributed by atoms with Gasteiger partial charge >= 0.3 is 6.18 Å². The Balaban J connectivity index is 3.53. The Kier molecular flexibility index (Phi) is 3.98. The van der Waals surface area contributed by atoms with E-state index in [2.05, 4.69) is 0 Å². The van der Waals surface area contributed by atoms with Crippen LogP contribution in [0.4, 0.5) is 17.6 Å². The third-order valence-corrected chi connectivity index (χ3v) is 2.97. The van der Waals surface area contributed by atoms with Gasteiger partial charge in [-0.1, -0.05) is 32.4 Å². The first kappa shape index (κ1) is 15.2. The fourth-order valence-corrected chi connectivity index (χ4v) is 1.72. The summed E-state index contributed by atoms with van der Waals surface area (Å²) in [5, 5.41) is -0.363. The molecule has 0 saturated heterocycles. The Hall–Kier alpha value is -0.810. The quantitative estimate of drug-likeness (QED) is 0.752. The number of hydrogen-bond acceptors (Lipinski definition) is 1. The summed E-state index contributed by atoms with van der Waals surface area (Å²) in [6.07, 6.45) is -4.66. The lowest BCUT2D eigenvalue weighted by molar-refractivity contribution is -0.138. The number of nitrogens with two attached hydrogens (primary N) is 1. The van der Waals surface area contributed by atoms with Gasteiger partial charge in [-0.15, -0.1) is 0 Å². The average Bonchev–Trinajstić information content (AvgIpc) is 2.17. The molecule has 0 amide bonds. The van der Waals surface area contributed by atoms with E-state index in [0.29, 0.717) is 0 Å². The van der Waals surface area contributed by atoms with Crippen LogP contribution in [0.25, 0.3) is 0 Å². The second kappa shape index (κ2) is 4.70. The molecule has 0 unspecified atom stereocenters. The summed E-state index contributed by atoms with van der Waals surface area (Å²) >= 11 is 5.53. The third-order valence-electron chi connectivity index (χ3n) is 2.68. The van der Waals surface area contributed by atoms with E-state index in [4.69, 9.17) is 17.3 Å². The summed E-state index contributed by atoms with van der Waals surface area (Å²) in [5.41, 5.74) is 3.37. The van der Waals surface area contributed by atoms with Crippen molar-refractivity contribution in [1.82, 2.24) is 0 Å². The molecule has 102 valence electrons. The molecule has 0 fully saturated rings. The molecular formula is C12H14ClF4N. The molecule has 1 rings (SSSR count). The highest BCUT2D eigenvalue weighted by Crippen LogP contribution is 2.42. The Morgan fingerprint density at radius 1 is 1.17 bits per heavy atom. The Morgan fingerprint density at radius 3 is 2.06 bits per heavy atom. The van der Waals surface area contributed by atoms with Gasteiger partial charge in [0.15, 0.2) is 0 Å². The summed E-state index contributed by atoms with van der Waals surface area (Å²) in [4.78, 5) is 0. The summed E-state index contributed by atoms with van der Waals surface area (Å²) in [6.45, 7) is 4.91. The third kappa shape index (κ3) is 2.95. The Morgan fingerprint density at radius 2 is 1.67 bits per heavy atom. The lowest BCUT2D eigenvalue weighted by Gasteiger charge is -2.30. The molecular weight excluding hydrogens is 270 g/mol. The molecule has 0 spiro atoms. The fraction of sp³-hybridized carbons (Fsp3) is 0.500. The SMILES string of the molecule is CC(C)(C)[C@@H](N)c1c(C(F)(F)F)ccc(Cl)c1F. The van der Waals surface area contributed by atoms with Gasteiger partial charge in [0.25, 0.3) is 0 Å². The molecule has 18 heavy (non-hydrogen) atoms. The summed E-state index contributed by atoms with van der Waals surface area (Å²) in [5.74, 6) is -1.10. The molecule has 0 aliphatic heterocycles. The second-order valence-corrected chi connectivity index (χ2v) is 5.57. The zero-order valence-electron chi connectivity index (χ0n) is 10.2. The van der Waals surface area contributed by atoms with E-state index in [1.165, 1.54) is 0 Å². The average molecular weight is 284 g/mol. The van der Waals surface area contributed by atoms with Crippen molar-refractivity contribution in [3.8, 4) is 0 Å². The topological polar surface area (TPSA) is 26.0 Å². The van der Waals surface area contributed by atoms with Crippen LogP contribution in [-0.2, 0) is 6.18 Å². The number of halogens is 5. The van der Waals surface area contributed by atoms with Crippen molar-refractivity contribution in [2.24, 2.45) is 11.1 Å². The minimum Gasteiger partial charge on any atom is -0.323 e. The van der Waals surface area contributed by atoms with Crippen molar-refractivity contribution < 1.29 is 17.6 Å². The molecule has 1 nitrogen and oxygen atoms in total. The molecule has 0 aromatic heterocycles. The van der Waals surface area contributed by atoms with Crippen molar-refractivity contribution in [3.05, 3.63) is 34.1 Å². The van der Waals surface area contributed by atoms with Gasteiger partial charge in [0, 0.05) is 11.6 Å². The first-order chi connectivity index (χ1) is 7.96. The Labute approximate surface area is 108 Å². The first-order valence-electron chi connectivity index (χ1n) is 5.27. The minimum absolute atomic E-state index is 0.363. The maximum absolute atomic E-state index is 13.9. The van der Waals surface area contributed by atoms with Crippen molar-refractivity contribution >= 4 is 11.6 Å². The summed E-state index contributed by atoms with van der Waals surface area (Å²) in [7, 11) is 0. The fourth-order valence-electron chi connectivity index (χ4n) is 1.55. The molecule has 2 N–H and O–H groups in total. The van der Waals surface area contributed by atoms with Crippen LogP contribution in [0.5, 0.6) is 0 Å². The maximum atomic E-state index is 13.9. The monoisotopic (exact) mass is 283 g/mol. The van der Waals surface area contributed by atoms with E-state index in [-0.39, 0.29) is 5.02 Å². The summed E-state index contributed by atoms with van der Waals surface area (Å²) < 4.78 is 52.4. The van der Waals surface area contributed by atoms with Gasteiger partial charge in [0.2, 0.25) is 0 Å². The van der Waals surface area contributed by atoms with Crippen molar-refractivity contribution in [1.29, 1.82) is 0 Å². The van der Waals surface area contributed by atoms with E-state index in [9.17, 15) is 17.6 Å². The summed E-state index contributed by atoms with van der Waals surface area (Å²) in [6, 6.07) is 0.540. The van der Waals surface area contributed by atoms with Crippen LogP contribution in [-0.4, -0.2) is 0 Å². The largest absolute Gasteiger partial charge is 0.416 e. The van der Waals surface area contributed by atoms with Crippen LogP contribution >= 0.6 is 11.6 Å². The van der Waals surface area contributed by atoms with Crippen LogP contribution in [0.1, 0.15) is 37.9 Å². The zero-order valence-corrected chi connectivity index (χ0v) is 11.0. The number of benzene rings is 1. The first-order valence-corrected chi connectivity index (χ1v) is 5.64. The van der Waals surface area contributed by atoms with Gasteiger partial charge in [-0.05, 0) is 17.5 Å². The Bertz CT molecular complexity index is 449. The number of rotatable bonds is 1. The van der Waals surface area contributed by atoms with Crippen LogP contribution in [0.2, 0.25) is 5.02 Å². The predicted molar refractivity (Wildman–Crippen MR) is 62.8 cm³/mol. The zero-order chi connectivity index (χ0) is 14.3. The van der Waals surface area contributed by atoms with E-state index in [1.54, 1.807) is 20.8 Å². The molecule has 0 heterocycles. The second-order valence-electron chi connectivity index (χ2n) is 5.16. The van der Waals surface area contributed by atoms with Crippen LogP contribution in [0.15, 0.2) is 12.1 Å². The van der Waals surface area contributed by atoms with Crippen molar-refractivity contribution in [3.63, 3.8) is 0 Å². The van der Waals surface area contributed by atoms with E-state index < -0.39 is 34.6 Å². The number of alkyl halides is 3. The highest BCUT2D eigenvalue weighted by Gasteiger charge is 2.39. The van der Waals surface area contributed by atoms with Gasteiger partial charge in [-0.3, -0.25) is 0 Å². The molecule has 1 aromatic rings. The van der Waals surface area contributed by atoms with Gasteiger partial charge < -0.3 is 5.73 Å². The smallest absolute Gasteiger partial charge is 0.323 e. The van der Waals surface area contributed by atoms with Crippen LogP contribution < -0.4 is 5.73 Å². The predicted octanol–water partition coefficient (Wildman–Crippen LogP) is 4.54. The number of hydrogen-bond donors (Lipinski definition) is 1. The highest BCUT2D eigenvalue weighted by molar-refractivity contribution is 6.30. The molecule has 6 heteroatoms. The van der Waals surface area contributed by atoms with Crippen LogP contribution in [0.3, 0.4) is 0 Å². The molecule has 0 radical (unpaired) electrons. The molecule has 0 saturated carbocycles. The van der Waals surface area contributed by atoms with Gasteiger partial charge in [-0.2, -0.15) is 13.2 Å². The normalized spacial score (nSPS) is 14.7.